The fraction of sp³-hybridized carbons (Fsp3) is 0.100. The van der Waals surface area contributed by atoms with E-state index in [9.17, 15) is 4.79 Å². The lowest BCUT2D eigenvalue weighted by Crippen LogP contribution is -2.00. The quantitative estimate of drug-likeness (QED) is 0.425. The van der Waals surface area contributed by atoms with Gasteiger partial charge in [-0.15, -0.1) is 15.3 Å². The first-order valence-electron chi connectivity index (χ1n) is 8.40. The van der Waals surface area contributed by atoms with Crippen LogP contribution < -0.4 is 9.47 Å². The van der Waals surface area contributed by atoms with Crippen molar-refractivity contribution < 1.29 is 14.3 Å². The zero-order valence-corrected chi connectivity index (χ0v) is 16.7. The largest absolute Gasteiger partial charge is 0.493 e. The number of carbonyl (C=O) groups is 1. The number of rotatable bonds is 5. The van der Waals surface area contributed by atoms with Crippen LogP contribution in [-0.2, 0) is 0 Å². The molecule has 0 fully saturated rings. The Hall–Kier alpha value is -3.26. The zero-order chi connectivity index (χ0) is 19.7. The first-order valence-corrected chi connectivity index (χ1v) is 9.19. The normalized spacial score (nSPS) is 10.8. The standard InChI is InChI=1S/C20H15BrN4O3/c1-12(26)14-5-8-16(17(11-14)27-2)28-19-10-9-18-22-23-20(25(18)24-19)13-3-6-15(21)7-4-13/h3-11H,1-2H3. The predicted molar refractivity (Wildman–Crippen MR) is 107 cm³/mol. The molecule has 0 saturated carbocycles. The van der Waals surface area contributed by atoms with Crippen molar-refractivity contribution >= 4 is 27.4 Å². The molecule has 2 aromatic carbocycles. The third-order valence-corrected chi connectivity index (χ3v) is 4.65. The van der Waals surface area contributed by atoms with Gasteiger partial charge in [-0.2, -0.15) is 4.52 Å². The number of methoxy groups -OCH3 is 1. The minimum atomic E-state index is -0.0481. The van der Waals surface area contributed by atoms with Gasteiger partial charge < -0.3 is 9.47 Å². The van der Waals surface area contributed by atoms with Crippen molar-refractivity contribution in [3.05, 3.63) is 64.6 Å². The summed E-state index contributed by atoms with van der Waals surface area (Å²) in [5, 5.41) is 12.9. The van der Waals surface area contributed by atoms with Crippen molar-refractivity contribution in [2.75, 3.05) is 7.11 Å². The van der Waals surface area contributed by atoms with Crippen LogP contribution in [0.3, 0.4) is 0 Å². The minimum absolute atomic E-state index is 0.0481. The Bertz CT molecular complexity index is 1170. The number of aromatic nitrogens is 4. The van der Waals surface area contributed by atoms with Gasteiger partial charge >= 0.3 is 0 Å². The number of benzene rings is 2. The molecule has 4 rings (SSSR count). The van der Waals surface area contributed by atoms with Crippen molar-refractivity contribution in [1.82, 2.24) is 19.8 Å². The predicted octanol–water partition coefficient (Wildman–Crippen LogP) is 4.56. The second-order valence-corrected chi connectivity index (χ2v) is 6.91. The van der Waals surface area contributed by atoms with Crippen LogP contribution in [0.15, 0.2) is 59.1 Å². The van der Waals surface area contributed by atoms with Gasteiger partial charge in [-0.1, -0.05) is 28.1 Å². The lowest BCUT2D eigenvalue weighted by Gasteiger charge is -2.10. The molecule has 7 nitrogen and oxygen atoms in total. The van der Waals surface area contributed by atoms with E-state index in [1.165, 1.54) is 14.0 Å². The monoisotopic (exact) mass is 438 g/mol. The molecule has 0 bridgehead atoms. The van der Waals surface area contributed by atoms with Crippen molar-refractivity contribution in [3.8, 4) is 28.8 Å². The molecule has 8 heteroatoms. The van der Waals surface area contributed by atoms with E-state index >= 15 is 0 Å². The van der Waals surface area contributed by atoms with Crippen LogP contribution in [0, 0.1) is 0 Å². The van der Waals surface area contributed by atoms with E-state index in [4.69, 9.17) is 9.47 Å². The molecule has 0 unspecified atom stereocenters. The van der Waals surface area contributed by atoms with Crippen LogP contribution in [0.4, 0.5) is 0 Å². The summed E-state index contributed by atoms with van der Waals surface area (Å²) in [7, 11) is 1.52. The summed E-state index contributed by atoms with van der Waals surface area (Å²) in [6, 6.07) is 16.2. The molecule has 2 heterocycles. The molecule has 0 aliphatic rings. The molecule has 0 aliphatic carbocycles. The molecular formula is C20H15BrN4O3. The van der Waals surface area contributed by atoms with Crippen LogP contribution in [-0.4, -0.2) is 32.7 Å². The van der Waals surface area contributed by atoms with E-state index in [0.717, 1.165) is 10.0 Å². The molecule has 0 radical (unpaired) electrons. The summed E-state index contributed by atoms with van der Waals surface area (Å²) in [4.78, 5) is 11.6. The number of ketones is 1. The van der Waals surface area contributed by atoms with Crippen LogP contribution in [0.1, 0.15) is 17.3 Å². The minimum Gasteiger partial charge on any atom is -0.493 e. The molecule has 0 aliphatic heterocycles. The Morgan fingerprint density at radius 2 is 1.79 bits per heavy atom. The number of halogens is 1. The highest BCUT2D eigenvalue weighted by molar-refractivity contribution is 9.10. The Kier molecular flexibility index (Phi) is 4.79. The molecular weight excluding hydrogens is 424 g/mol. The number of Topliss-reactive ketones (excluding diaryl/α,β-unsaturated/α-hetero) is 1. The van der Waals surface area contributed by atoms with E-state index in [-0.39, 0.29) is 5.78 Å². The van der Waals surface area contributed by atoms with Gasteiger partial charge in [0.15, 0.2) is 28.8 Å². The summed E-state index contributed by atoms with van der Waals surface area (Å²) in [6.45, 7) is 1.50. The highest BCUT2D eigenvalue weighted by atomic mass is 79.9. The molecule has 0 N–H and O–H groups in total. The van der Waals surface area contributed by atoms with Gasteiger partial charge in [-0.3, -0.25) is 4.79 Å². The number of hydrogen-bond donors (Lipinski definition) is 0. The Morgan fingerprint density at radius 3 is 2.50 bits per heavy atom. The summed E-state index contributed by atoms with van der Waals surface area (Å²) >= 11 is 3.42. The number of fused-ring (bicyclic) bond motifs is 1. The molecule has 28 heavy (non-hydrogen) atoms. The van der Waals surface area contributed by atoms with Crippen molar-refractivity contribution in [2.24, 2.45) is 0 Å². The molecule has 0 atom stereocenters. The molecule has 140 valence electrons. The average Bonchev–Trinajstić information content (AvgIpc) is 3.12. The molecule has 4 aromatic rings. The second kappa shape index (κ2) is 7.40. The van der Waals surface area contributed by atoms with E-state index in [1.807, 2.05) is 24.3 Å². The van der Waals surface area contributed by atoms with Gasteiger partial charge in [0.2, 0.25) is 5.88 Å². The summed E-state index contributed by atoms with van der Waals surface area (Å²) in [6.07, 6.45) is 0. The summed E-state index contributed by atoms with van der Waals surface area (Å²) in [5.41, 5.74) is 2.02. The summed E-state index contributed by atoms with van der Waals surface area (Å²) < 4.78 is 13.8. The number of ether oxygens (including phenoxy) is 2. The van der Waals surface area contributed by atoms with E-state index in [2.05, 4.69) is 31.2 Å². The maximum Gasteiger partial charge on any atom is 0.237 e. The van der Waals surface area contributed by atoms with Crippen LogP contribution in [0.5, 0.6) is 17.4 Å². The fourth-order valence-corrected chi connectivity index (χ4v) is 2.95. The Morgan fingerprint density at radius 1 is 1.00 bits per heavy atom. The summed E-state index contributed by atoms with van der Waals surface area (Å²) in [5.74, 6) is 1.81. The maximum absolute atomic E-state index is 11.6. The average molecular weight is 439 g/mol. The number of nitrogens with zero attached hydrogens (tertiary/aromatic N) is 4. The first-order chi connectivity index (χ1) is 13.5. The van der Waals surface area contributed by atoms with Crippen molar-refractivity contribution in [2.45, 2.75) is 6.92 Å². The fourth-order valence-electron chi connectivity index (χ4n) is 2.69. The molecule has 0 saturated heterocycles. The lowest BCUT2D eigenvalue weighted by atomic mass is 10.1. The van der Waals surface area contributed by atoms with Gasteiger partial charge in [0.25, 0.3) is 0 Å². The highest BCUT2D eigenvalue weighted by Gasteiger charge is 2.13. The maximum atomic E-state index is 11.6. The molecule has 0 amide bonds. The van der Waals surface area contributed by atoms with Crippen LogP contribution in [0.25, 0.3) is 17.0 Å². The Labute approximate surface area is 169 Å². The first kappa shape index (κ1) is 18.1. The third-order valence-electron chi connectivity index (χ3n) is 4.13. The number of carbonyl (C=O) groups excluding carboxylic acids is 1. The van der Waals surface area contributed by atoms with Gasteiger partial charge in [-0.05, 0) is 43.3 Å². The lowest BCUT2D eigenvalue weighted by molar-refractivity contribution is 0.101. The highest BCUT2D eigenvalue weighted by Crippen LogP contribution is 2.32. The van der Waals surface area contributed by atoms with Gasteiger partial charge in [0, 0.05) is 21.7 Å². The number of hydrogen-bond acceptors (Lipinski definition) is 6. The SMILES string of the molecule is COc1cc(C(C)=O)ccc1Oc1ccc2nnc(-c3ccc(Br)cc3)n2n1. The van der Waals surface area contributed by atoms with Gasteiger partial charge in [-0.25, -0.2) is 0 Å². The van der Waals surface area contributed by atoms with Crippen molar-refractivity contribution in [3.63, 3.8) is 0 Å². The van der Waals surface area contributed by atoms with Gasteiger partial charge in [0.1, 0.15) is 0 Å². The van der Waals surface area contributed by atoms with Crippen molar-refractivity contribution in [1.29, 1.82) is 0 Å². The van der Waals surface area contributed by atoms with E-state index < -0.39 is 0 Å². The van der Waals surface area contributed by atoms with Gasteiger partial charge in [0.05, 0.1) is 7.11 Å². The molecule has 0 spiro atoms. The topological polar surface area (TPSA) is 78.6 Å². The third kappa shape index (κ3) is 3.46. The second-order valence-electron chi connectivity index (χ2n) is 6.00. The van der Waals surface area contributed by atoms with Crippen LogP contribution >= 0.6 is 15.9 Å². The smallest absolute Gasteiger partial charge is 0.237 e. The van der Waals surface area contributed by atoms with E-state index in [1.54, 1.807) is 34.8 Å². The molecule has 2 aromatic heterocycles. The Balaban J connectivity index is 1.71. The zero-order valence-electron chi connectivity index (χ0n) is 15.1. The van der Waals surface area contributed by atoms with Crippen LogP contribution in [0.2, 0.25) is 0 Å². The van der Waals surface area contributed by atoms with E-state index in [0.29, 0.717) is 34.4 Å².